The van der Waals surface area contributed by atoms with Gasteiger partial charge in [-0.1, -0.05) is 18.2 Å². The van der Waals surface area contributed by atoms with Crippen molar-refractivity contribution in [2.75, 3.05) is 13.4 Å². The standard InChI is InChI=1S/C20H19NO3S/c1-24-18-8-5-16-11-14(3-4-17(16)12-18)13-21-20(22)15-6-9-19(10-7-15)25(2)23/h3-12H,13H2,1-2H3,(H,21,22). The molecule has 0 aliphatic rings. The van der Waals surface area contributed by atoms with Crippen LogP contribution in [0.5, 0.6) is 5.75 Å². The van der Waals surface area contributed by atoms with Crippen molar-refractivity contribution in [3.05, 3.63) is 71.8 Å². The highest BCUT2D eigenvalue weighted by molar-refractivity contribution is 7.84. The van der Waals surface area contributed by atoms with Crippen molar-refractivity contribution >= 4 is 27.5 Å². The number of hydrogen-bond acceptors (Lipinski definition) is 3. The third-order valence-electron chi connectivity index (χ3n) is 4.01. The van der Waals surface area contributed by atoms with E-state index < -0.39 is 10.8 Å². The van der Waals surface area contributed by atoms with E-state index in [1.807, 2.05) is 30.3 Å². The SMILES string of the molecule is COc1ccc2cc(CNC(=O)c3ccc(S(C)=O)cc3)ccc2c1. The van der Waals surface area contributed by atoms with Gasteiger partial charge in [0, 0.05) is 34.1 Å². The van der Waals surface area contributed by atoms with Crippen molar-refractivity contribution in [2.24, 2.45) is 0 Å². The lowest BCUT2D eigenvalue weighted by Crippen LogP contribution is -2.22. The predicted octanol–water partition coefficient (Wildman–Crippen LogP) is 3.52. The van der Waals surface area contributed by atoms with Crippen LogP contribution in [0.3, 0.4) is 0 Å². The first-order valence-corrected chi connectivity index (χ1v) is 9.41. The smallest absolute Gasteiger partial charge is 0.251 e. The van der Waals surface area contributed by atoms with Crippen molar-refractivity contribution in [1.29, 1.82) is 0 Å². The molecule has 3 rings (SSSR count). The summed E-state index contributed by atoms with van der Waals surface area (Å²) in [7, 11) is 0.608. The van der Waals surface area contributed by atoms with Crippen LogP contribution >= 0.6 is 0 Å². The van der Waals surface area contributed by atoms with E-state index >= 15 is 0 Å². The average Bonchev–Trinajstić information content (AvgIpc) is 2.65. The first-order valence-electron chi connectivity index (χ1n) is 7.85. The summed E-state index contributed by atoms with van der Waals surface area (Å²) >= 11 is 0. The fourth-order valence-electron chi connectivity index (χ4n) is 2.59. The highest BCUT2D eigenvalue weighted by Crippen LogP contribution is 2.21. The molecule has 0 heterocycles. The van der Waals surface area contributed by atoms with Gasteiger partial charge >= 0.3 is 0 Å². The summed E-state index contributed by atoms with van der Waals surface area (Å²) in [4.78, 5) is 13.0. The molecular weight excluding hydrogens is 334 g/mol. The zero-order valence-corrected chi connectivity index (χ0v) is 14.9. The quantitative estimate of drug-likeness (QED) is 0.764. The van der Waals surface area contributed by atoms with Crippen LogP contribution in [0.2, 0.25) is 0 Å². The molecule has 5 heteroatoms. The average molecular weight is 353 g/mol. The molecule has 0 radical (unpaired) electrons. The number of amides is 1. The number of benzene rings is 3. The van der Waals surface area contributed by atoms with Crippen LogP contribution in [0.4, 0.5) is 0 Å². The Bertz CT molecular complexity index is 935. The zero-order valence-electron chi connectivity index (χ0n) is 14.1. The Hall–Kier alpha value is -2.66. The zero-order chi connectivity index (χ0) is 17.8. The minimum Gasteiger partial charge on any atom is -0.497 e. The Labute approximate surface area is 149 Å². The molecule has 4 nitrogen and oxygen atoms in total. The van der Waals surface area contributed by atoms with Gasteiger partial charge in [-0.05, 0) is 58.8 Å². The molecule has 0 aliphatic carbocycles. The van der Waals surface area contributed by atoms with E-state index in [0.717, 1.165) is 22.1 Å². The van der Waals surface area contributed by atoms with Crippen LogP contribution in [0.15, 0.2) is 65.6 Å². The molecule has 1 amide bonds. The van der Waals surface area contributed by atoms with Gasteiger partial charge in [-0.15, -0.1) is 0 Å². The van der Waals surface area contributed by atoms with Gasteiger partial charge < -0.3 is 10.1 Å². The number of fused-ring (bicyclic) bond motifs is 1. The molecule has 1 atom stereocenters. The second-order valence-electron chi connectivity index (χ2n) is 5.71. The van der Waals surface area contributed by atoms with Crippen LogP contribution in [0.1, 0.15) is 15.9 Å². The van der Waals surface area contributed by atoms with Gasteiger partial charge in [0.15, 0.2) is 0 Å². The molecule has 3 aromatic carbocycles. The molecule has 128 valence electrons. The van der Waals surface area contributed by atoms with Gasteiger partial charge in [0.25, 0.3) is 5.91 Å². The Morgan fingerprint density at radius 1 is 1.00 bits per heavy atom. The first kappa shape index (κ1) is 17.2. The Morgan fingerprint density at radius 2 is 1.68 bits per heavy atom. The van der Waals surface area contributed by atoms with Crippen LogP contribution in [0.25, 0.3) is 10.8 Å². The molecular formula is C20H19NO3S. The number of carbonyl (C=O) groups excluding carboxylic acids is 1. The summed E-state index contributed by atoms with van der Waals surface area (Å²) in [5, 5.41) is 5.11. The second kappa shape index (κ2) is 7.49. The van der Waals surface area contributed by atoms with Crippen LogP contribution in [0, 0.1) is 0 Å². The topological polar surface area (TPSA) is 55.4 Å². The molecule has 0 saturated heterocycles. The molecule has 0 bridgehead atoms. The molecule has 0 saturated carbocycles. The van der Waals surface area contributed by atoms with Gasteiger partial charge in [0.05, 0.1) is 7.11 Å². The van der Waals surface area contributed by atoms with Gasteiger partial charge in [-0.3, -0.25) is 9.00 Å². The highest BCUT2D eigenvalue weighted by atomic mass is 32.2. The van der Waals surface area contributed by atoms with Crippen LogP contribution < -0.4 is 10.1 Å². The number of ether oxygens (including phenoxy) is 1. The minimum absolute atomic E-state index is 0.150. The maximum atomic E-state index is 12.2. The lowest BCUT2D eigenvalue weighted by Gasteiger charge is -2.08. The van der Waals surface area contributed by atoms with E-state index in [2.05, 4.69) is 11.4 Å². The summed E-state index contributed by atoms with van der Waals surface area (Å²) in [5.41, 5.74) is 1.58. The van der Waals surface area contributed by atoms with Gasteiger partial charge in [-0.25, -0.2) is 0 Å². The van der Waals surface area contributed by atoms with Crippen molar-refractivity contribution in [3.63, 3.8) is 0 Å². The molecule has 0 spiro atoms. The van der Waals surface area contributed by atoms with E-state index in [4.69, 9.17) is 4.74 Å². The van der Waals surface area contributed by atoms with Crippen molar-refractivity contribution in [3.8, 4) is 5.75 Å². The third kappa shape index (κ3) is 4.06. The third-order valence-corrected chi connectivity index (χ3v) is 4.95. The van der Waals surface area contributed by atoms with Crippen LogP contribution in [-0.2, 0) is 17.3 Å². The number of hydrogen-bond donors (Lipinski definition) is 1. The van der Waals surface area contributed by atoms with Gasteiger partial charge in [-0.2, -0.15) is 0 Å². The van der Waals surface area contributed by atoms with Crippen molar-refractivity contribution in [1.82, 2.24) is 5.32 Å². The predicted molar refractivity (Wildman–Crippen MR) is 100 cm³/mol. The highest BCUT2D eigenvalue weighted by Gasteiger charge is 2.07. The van der Waals surface area contributed by atoms with E-state index in [9.17, 15) is 9.00 Å². The summed E-state index contributed by atoms with van der Waals surface area (Å²) < 4.78 is 16.6. The normalized spacial score (nSPS) is 11.9. The Balaban J connectivity index is 1.69. The Morgan fingerprint density at radius 3 is 2.36 bits per heavy atom. The molecule has 0 aliphatic heterocycles. The Kier molecular flexibility index (Phi) is 5.14. The first-order chi connectivity index (χ1) is 12.1. The lowest BCUT2D eigenvalue weighted by atomic mass is 10.1. The molecule has 1 unspecified atom stereocenters. The maximum absolute atomic E-state index is 12.2. The second-order valence-corrected chi connectivity index (χ2v) is 7.09. The lowest BCUT2D eigenvalue weighted by molar-refractivity contribution is 0.0951. The summed E-state index contributed by atoms with van der Waals surface area (Å²) in [6.07, 6.45) is 1.62. The van der Waals surface area contributed by atoms with Gasteiger partial charge in [0.2, 0.25) is 0 Å². The largest absolute Gasteiger partial charge is 0.497 e. The van der Waals surface area contributed by atoms with E-state index in [1.54, 1.807) is 37.6 Å². The molecule has 0 aromatic heterocycles. The molecule has 0 fully saturated rings. The molecule has 25 heavy (non-hydrogen) atoms. The maximum Gasteiger partial charge on any atom is 0.251 e. The molecule has 3 aromatic rings. The minimum atomic E-state index is -1.04. The van der Waals surface area contributed by atoms with E-state index in [-0.39, 0.29) is 5.91 Å². The summed E-state index contributed by atoms with van der Waals surface area (Å²) in [5.74, 6) is 0.674. The fraction of sp³-hybridized carbons (Fsp3) is 0.150. The van der Waals surface area contributed by atoms with E-state index in [1.165, 1.54) is 0 Å². The monoisotopic (exact) mass is 353 g/mol. The van der Waals surface area contributed by atoms with Gasteiger partial charge in [0.1, 0.15) is 5.75 Å². The number of rotatable bonds is 5. The summed E-state index contributed by atoms with van der Waals surface area (Å²) in [6.45, 7) is 0.447. The number of nitrogens with one attached hydrogen (secondary N) is 1. The van der Waals surface area contributed by atoms with E-state index in [0.29, 0.717) is 17.0 Å². The molecule has 1 N–H and O–H groups in total. The number of carbonyl (C=O) groups is 1. The van der Waals surface area contributed by atoms with Crippen molar-refractivity contribution in [2.45, 2.75) is 11.4 Å². The fourth-order valence-corrected chi connectivity index (χ4v) is 3.11. The van der Waals surface area contributed by atoms with Crippen molar-refractivity contribution < 1.29 is 13.7 Å². The van der Waals surface area contributed by atoms with Crippen LogP contribution in [-0.4, -0.2) is 23.5 Å². The summed E-state index contributed by atoms with van der Waals surface area (Å²) in [6, 6.07) is 18.8. The number of methoxy groups -OCH3 is 1.